The summed E-state index contributed by atoms with van der Waals surface area (Å²) in [6, 6.07) is 9.55. The summed E-state index contributed by atoms with van der Waals surface area (Å²) in [7, 11) is 1.60. The number of fused-ring (bicyclic) bond motifs is 1. The number of rotatable bonds is 7. The maximum Gasteiger partial charge on any atom is 0.319 e. The predicted molar refractivity (Wildman–Crippen MR) is 139 cm³/mol. The third-order valence-corrected chi connectivity index (χ3v) is 6.39. The second-order valence-corrected chi connectivity index (χ2v) is 8.96. The van der Waals surface area contributed by atoms with Crippen LogP contribution in [-0.4, -0.2) is 48.1 Å². The molecule has 0 bridgehead atoms. The lowest BCUT2D eigenvalue weighted by Gasteiger charge is -2.26. The number of nitrogens with zero attached hydrogens (tertiary/aromatic N) is 2. The van der Waals surface area contributed by atoms with Gasteiger partial charge in [0.2, 0.25) is 5.91 Å². The zero-order chi connectivity index (χ0) is 25.9. The van der Waals surface area contributed by atoms with Crippen molar-refractivity contribution in [2.75, 3.05) is 25.5 Å². The molecule has 37 heavy (non-hydrogen) atoms. The first-order valence-corrected chi connectivity index (χ1v) is 12.1. The Balaban J connectivity index is 1.41. The number of hydrogen-bond donors (Lipinski definition) is 2. The molecule has 2 heterocycles. The van der Waals surface area contributed by atoms with E-state index in [-0.39, 0.29) is 23.4 Å². The lowest BCUT2D eigenvalue weighted by Crippen LogP contribution is -2.33. The van der Waals surface area contributed by atoms with Gasteiger partial charge in [-0.1, -0.05) is 12.7 Å². The van der Waals surface area contributed by atoms with Crippen molar-refractivity contribution in [3.8, 4) is 17.2 Å². The van der Waals surface area contributed by atoms with Crippen molar-refractivity contribution in [2.24, 2.45) is 0 Å². The summed E-state index contributed by atoms with van der Waals surface area (Å²) in [6.07, 6.45) is 7.49. The number of hydrogen-bond acceptors (Lipinski definition) is 5. The molecule has 1 fully saturated rings. The number of urea groups is 1. The van der Waals surface area contributed by atoms with Gasteiger partial charge in [-0.05, 0) is 55.2 Å². The van der Waals surface area contributed by atoms with Gasteiger partial charge in [0.15, 0.2) is 0 Å². The van der Waals surface area contributed by atoms with Gasteiger partial charge in [0.1, 0.15) is 23.1 Å². The molecule has 2 aliphatic rings. The van der Waals surface area contributed by atoms with E-state index in [4.69, 9.17) is 9.47 Å². The van der Waals surface area contributed by atoms with Gasteiger partial charge < -0.3 is 25.0 Å². The highest BCUT2D eigenvalue weighted by Crippen LogP contribution is 2.38. The van der Waals surface area contributed by atoms with Crippen LogP contribution in [0.2, 0.25) is 0 Å². The van der Waals surface area contributed by atoms with Crippen LogP contribution in [0.4, 0.5) is 14.9 Å². The number of ether oxygens (including phenoxy) is 2. The van der Waals surface area contributed by atoms with Crippen LogP contribution in [0, 0.1) is 5.82 Å². The molecule has 1 saturated carbocycles. The third-order valence-electron chi connectivity index (χ3n) is 6.39. The Labute approximate surface area is 213 Å². The summed E-state index contributed by atoms with van der Waals surface area (Å²) in [5.41, 5.74) is 2.66. The fourth-order valence-electron chi connectivity index (χ4n) is 4.26. The molecule has 1 aromatic heterocycles. The van der Waals surface area contributed by atoms with Crippen molar-refractivity contribution >= 4 is 34.1 Å². The van der Waals surface area contributed by atoms with Crippen LogP contribution in [-0.2, 0) is 4.79 Å². The highest BCUT2D eigenvalue weighted by atomic mass is 19.1. The number of carbonyl (C=O) groups is 2. The Kier molecular flexibility index (Phi) is 6.76. The molecule has 3 aromatic rings. The molecule has 0 saturated heterocycles. The molecule has 1 aliphatic heterocycles. The van der Waals surface area contributed by atoms with Crippen LogP contribution in [0.15, 0.2) is 61.3 Å². The quantitative estimate of drug-likeness (QED) is 0.430. The Morgan fingerprint density at radius 3 is 2.70 bits per heavy atom. The van der Waals surface area contributed by atoms with E-state index >= 15 is 0 Å². The number of nitrogens with one attached hydrogen (secondary N) is 2. The van der Waals surface area contributed by atoms with Crippen LogP contribution < -0.4 is 20.1 Å². The fraction of sp³-hybridized carbons (Fsp3) is 0.250. The summed E-state index contributed by atoms with van der Waals surface area (Å²) >= 11 is 0. The standard InChI is InChI=1S/C28H27FN4O4/c1-3-27(34)33-12-9-17(10-13-33)20-15-21-24(16-26(20)36-2)30-11-8-25(21)37-19-6-7-23(22(29)14-19)32-28(35)31-18-4-5-18/h3,6-9,11,14-16,18H,1,4-5,10,12-13H2,2H3,(H2,31,32,35). The SMILES string of the molecule is C=CC(=O)N1CC=C(c2cc3c(Oc4ccc(NC(=O)NC5CC5)c(F)c4)ccnc3cc2OC)CC1. The summed E-state index contributed by atoms with van der Waals surface area (Å²) in [5.74, 6) is 0.747. The first-order chi connectivity index (χ1) is 17.9. The average molecular weight is 503 g/mol. The number of carbonyl (C=O) groups excluding carboxylic acids is 2. The van der Waals surface area contributed by atoms with Gasteiger partial charge >= 0.3 is 6.03 Å². The first kappa shape index (κ1) is 24.3. The molecule has 9 heteroatoms. The third kappa shape index (κ3) is 5.40. The van der Waals surface area contributed by atoms with Crippen molar-refractivity contribution in [1.82, 2.24) is 15.2 Å². The summed E-state index contributed by atoms with van der Waals surface area (Å²) in [5, 5.41) is 6.03. The van der Waals surface area contributed by atoms with E-state index in [1.54, 1.807) is 30.3 Å². The minimum atomic E-state index is -0.602. The molecule has 2 N–H and O–H groups in total. The number of anilines is 1. The molecular formula is C28H27FN4O4. The number of amides is 3. The zero-order valence-electron chi connectivity index (χ0n) is 20.4. The van der Waals surface area contributed by atoms with Crippen molar-refractivity contribution in [2.45, 2.75) is 25.3 Å². The molecular weight excluding hydrogens is 475 g/mol. The average Bonchev–Trinajstić information content (AvgIpc) is 3.73. The van der Waals surface area contributed by atoms with Gasteiger partial charge in [0.25, 0.3) is 0 Å². The molecule has 2 aromatic carbocycles. The van der Waals surface area contributed by atoms with Crippen molar-refractivity contribution < 1.29 is 23.5 Å². The fourth-order valence-corrected chi connectivity index (χ4v) is 4.26. The van der Waals surface area contributed by atoms with Crippen LogP contribution in [0.5, 0.6) is 17.2 Å². The van der Waals surface area contributed by atoms with E-state index in [1.165, 1.54) is 18.2 Å². The molecule has 5 rings (SSSR count). The number of pyridine rings is 1. The Morgan fingerprint density at radius 2 is 2.03 bits per heavy atom. The van der Waals surface area contributed by atoms with Crippen LogP contribution in [0.25, 0.3) is 16.5 Å². The van der Waals surface area contributed by atoms with Crippen molar-refractivity contribution in [3.05, 3.63) is 72.7 Å². The van der Waals surface area contributed by atoms with Crippen molar-refractivity contribution in [1.29, 1.82) is 0 Å². The Morgan fingerprint density at radius 1 is 1.19 bits per heavy atom. The first-order valence-electron chi connectivity index (χ1n) is 12.1. The molecule has 0 radical (unpaired) electrons. The zero-order valence-corrected chi connectivity index (χ0v) is 20.4. The molecule has 8 nitrogen and oxygen atoms in total. The van der Waals surface area contributed by atoms with Gasteiger partial charge in [0.05, 0.1) is 18.3 Å². The lowest BCUT2D eigenvalue weighted by molar-refractivity contribution is -0.125. The molecule has 0 spiro atoms. The minimum absolute atomic E-state index is 0.0744. The predicted octanol–water partition coefficient (Wildman–Crippen LogP) is 5.26. The maximum atomic E-state index is 14.7. The summed E-state index contributed by atoms with van der Waals surface area (Å²) in [6.45, 7) is 4.61. The lowest BCUT2D eigenvalue weighted by atomic mass is 9.96. The van der Waals surface area contributed by atoms with Crippen LogP contribution >= 0.6 is 0 Å². The highest BCUT2D eigenvalue weighted by Gasteiger charge is 2.24. The van der Waals surface area contributed by atoms with Gasteiger partial charge in [-0.15, -0.1) is 0 Å². The largest absolute Gasteiger partial charge is 0.496 e. The van der Waals surface area contributed by atoms with Crippen molar-refractivity contribution in [3.63, 3.8) is 0 Å². The van der Waals surface area contributed by atoms with Gasteiger partial charge in [-0.3, -0.25) is 9.78 Å². The topological polar surface area (TPSA) is 92.8 Å². The molecule has 190 valence electrons. The van der Waals surface area contributed by atoms with Crippen LogP contribution in [0.1, 0.15) is 24.8 Å². The monoisotopic (exact) mass is 502 g/mol. The Bertz CT molecular complexity index is 1420. The molecule has 1 aliphatic carbocycles. The number of benzene rings is 2. The highest BCUT2D eigenvalue weighted by molar-refractivity contribution is 5.92. The second kappa shape index (κ2) is 10.3. The van der Waals surface area contributed by atoms with E-state index in [0.29, 0.717) is 36.5 Å². The summed E-state index contributed by atoms with van der Waals surface area (Å²) in [4.78, 5) is 30.1. The van der Waals surface area contributed by atoms with E-state index < -0.39 is 11.8 Å². The van der Waals surface area contributed by atoms with Gasteiger partial charge in [-0.2, -0.15) is 0 Å². The Hall–Kier alpha value is -4.40. The normalized spacial score (nSPS) is 15.1. The molecule has 0 unspecified atom stereocenters. The van der Waals surface area contributed by atoms with Gasteiger partial charge in [0, 0.05) is 48.4 Å². The smallest absolute Gasteiger partial charge is 0.319 e. The molecule has 0 atom stereocenters. The number of aromatic nitrogens is 1. The van der Waals surface area contributed by atoms with E-state index in [0.717, 1.165) is 29.4 Å². The van der Waals surface area contributed by atoms with E-state index in [2.05, 4.69) is 22.2 Å². The minimum Gasteiger partial charge on any atom is -0.496 e. The van der Waals surface area contributed by atoms with Crippen LogP contribution in [0.3, 0.4) is 0 Å². The maximum absolute atomic E-state index is 14.7. The van der Waals surface area contributed by atoms with E-state index in [9.17, 15) is 14.0 Å². The molecule has 3 amide bonds. The second-order valence-electron chi connectivity index (χ2n) is 8.96. The van der Waals surface area contributed by atoms with E-state index in [1.807, 2.05) is 18.2 Å². The number of halogens is 1. The van der Waals surface area contributed by atoms with Gasteiger partial charge in [-0.25, -0.2) is 9.18 Å². The number of methoxy groups -OCH3 is 1. The summed E-state index contributed by atoms with van der Waals surface area (Å²) < 4.78 is 26.4.